The highest BCUT2D eigenvalue weighted by Gasteiger charge is 2.46. The van der Waals surface area contributed by atoms with E-state index in [0.29, 0.717) is 23.5 Å². The van der Waals surface area contributed by atoms with Gasteiger partial charge in [0.15, 0.2) is 5.82 Å². The second-order valence-corrected chi connectivity index (χ2v) is 6.56. The van der Waals surface area contributed by atoms with Gasteiger partial charge in [0.25, 0.3) is 5.56 Å². The molecule has 0 radical (unpaired) electrons. The second-order valence-electron chi connectivity index (χ2n) is 6.56. The van der Waals surface area contributed by atoms with Gasteiger partial charge in [0.1, 0.15) is 11.6 Å². The van der Waals surface area contributed by atoms with Crippen molar-refractivity contribution < 1.29 is 0 Å². The Morgan fingerprint density at radius 1 is 1.26 bits per heavy atom. The summed E-state index contributed by atoms with van der Waals surface area (Å²) in [7, 11) is 1.73. The van der Waals surface area contributed by atoms with Crippen molar-refractivity contribution in [1.29, 1.82) is 0 Å². The minimum atomic E-state index is -0.212. The van der Waals surface area contributed by atoms with E-state index in [9.17, 15) is 9.59 Å². The third-order valence-corrected chi connectivity index (χ3v) is 4.99. The molecule has 2 aromatic heterocycles. The lowest BCUT2D eigenvalue weighted by Crippen LogP contribution is -2.31. The van der Waals surface area contributed by atoms with E-state index >= 15 is 0 Å². The molecule has 0 bridgehead atoms. The van der Waals surface area contributed by atoms with Gasteiger partial charge in [-0.3, -0.25) is 9.36 Å². The van der Waals surface area contributed by atoms with Crippen LogP contribution in [0.4, 0.5) is 5.82 Å². The topological polar surface area (TPSA) is 99.7 Å². The number of rotatable bonds is 3. The first-order valence-electron chi connectivity index (χ1n) is 8.00. The van der Waals surface area contributed by atoms with E-state index in [1.165, 1.54) is 18.9 Å². The van der Waals surface area contributed by atoms with Gasteiger partial charge in [-0.15, -0.1) is 0 Å². The molecule has 2 unspecified atom stereocenters. The Kier molecular flexibility index (Phi) is 3.14. The molecule has 8 nitrogen and oxygen atoms in total. The molecule has 8 heteroatoms. The molecule has 1 aliphatic heterocycles. The Bertz CT molecular complexity index is 846. The SMILES string of the molecule is Cc1nc(N2CCC(C3CC3)C2c2n[nH]c(=O)n2C)cc(=O)[nH]1. The molecular formula is C15H20N6O2. The van der Waals surface area contributed by atoms with Crippen LogP contribution in [0.25, 0.3) is 0 Å². The summed E-state index contributed by atoms with van der Waals surface area (Å²) in [6.07, 6.45) is 3.49. The van der Waals surface area contributed by atoms with Crippen molar-refractivity contribution in [3.05, 3.63) is 38.6 Å². The van der Waals surface area contributed by atoms with Gasteiger partial charge in [0, 0.05) is 19.7 Å². The zero-order valence-electron chi connectivity index (χ0n) is 13.2. The molecule has 2 aromatic rings. The Balaban J connectivity index is 1.80. The fourth-order valence-corrected chi connectivity index (χ4v) is 3.76. The van der Waals surface area contributed by atoms with Crippen LogP contribution in [0.2, 0.25) is 0 Å². The monoisotopic (exact) mass is 316 g/mol. The summed E-state index contributed by atoms with van der Waals surface area (Å²) >= 11 is 0. The number of nitrogens with one attached hydrogen (secondary N) is 2. The van der Waals surface area contributed by atoms with E-state index in [4.69, 9.17) is 0 Å². The summed E-state index contributed by atoms with van der Waals surface area (Å²) in [5.41, 5.74) is -0.367. The fraction of sp³-hybridized carbons (Fsp3) is 0.600. The van der Waals surface area contributed by atoms with Crippen molar-refractivity contribution >= 4 is 5.82 Å². The lowest BCUT2D eigenvalue weighted by Gasteiger charge is -2.28. The molecular weight excluding hydrogens is 296 g/mol. The van der Waals surface area contributed by atoms with Gasteiger partial charge in [0.05, 0.1) is 6.04 Å². The van der Waals surface area contributed by atoms with Crippen molar-refractivity contribution in [2.75, 3.05) is 11.4 Å². The van der Waals surface area contributed by atoms with E-state index in [2.05, 4.69) is 25.1 Å². The van der Waals surface area contributed by atoms with Crippen molar-refractivity contribution in [2.24, 2.45) is 18.9 Å². The van der Waals surface area contributed by atoms with Gasteiger partial charge in [0.2, 0.25) is 0 Å². The molecule has 0 spiro atoms. The number of H-pyrrole nitrogens is 2. The molecule has 1 aliphatic carbocycles. The summed E-state index contributed by atoms with van der Waals surface area (Å²) in [4.78, 5) is 32.9. The van der Waals surface area contributed by atoms with Crippen LogP contribution in [0.3, 0.4) is 0 Å². The molecule has 23 heavy (non-hydrogen) atoms. The van der Waals surface area contributed by atoms with Gasteiger partial charge in [-0.2, -0.15) is 5.10 Å². The van der Waals surface area contributed by atoms with Crippen LogP contribution >= 0.6 is 0 Å². The number of aromatic amines is 2. The Labute approximate surface area is 132 Å². The van der Waals surface area contributed by atoms with E-state index in [0.717, 1.165) is 18.8 Å². The maximum Gasteiger partial charge on any atom is 0.343 e. The summed E-state index contributed by atoms with van der Waals surface area (Å²) in [6, 6.07) is 1.51. The van der Waals surface area contributed by atoms with Gasteiger partial charge in [-0.25, -0.2) is 14.9 Å². The molecule has 2 atom stereocenters. The standard InChI is InChI=1S/C15H20N6O2/c1-8-16-11(7-12(22)17-8)21-6-5-10(9-3-4-9)13(21)14-18-19-15(23)20(14)2/h7,9-10,13H,3-6H2,1-2H3,(H,19,23)(H,16,17,22). The number of hydrogen-bond acceptors (Lipinski definition) is 5. The van der Waals surface area contributed by atoms with Crippen LogP contribution in [0, 0.1) is 18.8 Å². The average Bonchev–Trinajstić information content (AvgIpc) is 3.17. The van der Waals surface area contributed by atoms with Crippen molar-refractivity contribution in [1.82, 2.24) is 24.7 Å². The van der Waals surface area contributed by atoms with E-state index in [-0.39, 0.29) is 17.3 Å². The minimum absolute atomic E-state index is 0.0138. The largest absolute Gasteiger partial charge is 0.346 e. The maximum atomic E-state index is 11.8. The van der Waals surface area contributed by atoms with Gasteiger partial charge < -0.3 is 9.88 Å². The first-order valence-corrected chi connectivity index (χ1v) is 8.00. The van der Waals surface area contributed by atoms with Crippen molar-refractivity contribution in [3.8, 4) is 0 Å². The highest BCUT2D eigenvalue weighted by atomic mass is 16.1. The summed E-state index contributed by atoms with van der Waals surface area (Å²) in [5.74, 6) is 3.11. The zero-order valence-corrected chi connectivity index (χ0v) is 13.2. The molecule has 122 valence electrons. The van der Waals surface area contributed by atoms with Crippen LogP contribution in [-0.2, 0) is 7.05 Å². The van der Waals surface area contributed by atoms with Crippen LogP contribution in [-0.4, -0.2) is 31.3 Å². The molecule has 1 saturated carbocycles. The minimum Gasteiger partial charge on any atom is -0.346 e. The molecule has 3 heterocycles. The molecule has 0 amide bonds. The summed E-state index contributed by atoms with van der Waals surface area (Å²) in [5, 5.41) is 6.78. The summed E-state index contributed by atoms with van der Waals surface area (Å²) < 4.78 is 1.57. The summed E-state index contributed by atoms with van der Waals surface area (Å²) in [6.45, 7) is 2.60. The molecule has 0 aromatic carbocycles. The van der Waals surface area contributed by atoms with Crippen LogP contribution < -0.4 is 16.1 Å². The average molecular weight is 316 g/mol. The first-order chi connectivity index (χ1) is 11.0. The lowest BCUT2D eigenvalue weighted by molar-refractivity contribution is 0.405. The number of aryl methyl sites for hydroxylation is 1. The van der Waals surface area contributed by atoms with Crippen molar-refractivity contribution in [3.63, 3.8) is 0 Å². The van der Waals surface area contributed by atoms with Gasteiger partial charge >= 0.3 is 5.69 Å². The number of nitrogens with zero attached hydrogens (tertiary/aromatic N) is 4. The fourth-order valence-electron chi connectivity index (χ4n) is 3.76. The normalized spacial score (nSPS) is 24.3. The van der Waals surface area contributed by atoms with Crippen LogP contribution in [0.1, 0.15) is 37.0 Å². The first kappa shape index (κ1) is 14.2. The molecule has 2 N–H and O–H groups in total. The molecule has 2 aliphatic rings. The van der Waals surface area contributed by atoms with E-state index < -0.39 is 0 Å². The number of hydrogen-bond donors (Lipinski definition) is 2. The third-order valence-electron chi connectivity index (χ3n) is 4.99. The van der Waals surface area contributed by atoms with Gasteiger partial charge in [-0.1, -0.05) is 0 Å². The van der Waals surface area contributed by atoms with E-state index in [1.807, 2.05) is 0 Å². The molecule has 1 saturated heterocycles. The van der Waals surface area contributed by atoms with Crippen LogP contribution in [0.5, 0.6) is 0 Å². The van der Waals surface area contributed by atoms with E-state index in [1.54, 1.807) is 18.5 Å². The smallest absolute Gasteiger partial charge is 0.343 e. The quantitative estimate of drug-likeness (QED) is 0.858. The van der Waals surface area contributed by atoms with Crippen molar-refractivity contribution in [2.45, 2.75) is 32.2 Å². The molecule has 4 rings (SSSR count). The zero-order chi connectivity index (χ0) is 16.1. The Morgan fingerprint density at radius 2 is 2.04 bits per heavy atom. The second kappa shape index (κ2) is 5.07. The predicted octanol–water partition coefficient (Wildman–Crippen LogP) is 0.478. The lowest BCUT2D eigenvalue weighted by atomic mass is 9.94. The van der Waals surface area contributed by atoms with Gasteiger partial charge in [-0.05, 0) is 38.0 Å². The molecule has 2 fully saturated rings. The maximum absolute atomic E-state index is 11.8. The van der Waals surface area contributed by atoms with Crippen LogP contribution in [0.15, 0.2) is 15.7 Å². The Hall–Kier alpha value is -2.38. The predicted molar refractivity (Wildman–Crippen MR) is 84.3 cm³/mol. The third kappa shape index (κ3) is 2.38. The number of aromatic nitrogens is 5. The number of anilines is 1. The Morgan fingerprint density at radius 3 is 2.65 bits per heavy atom. The highest BCUT2D eigenvalue weighted by Crippen LogP contribution is 2.50. The highest BCUT2D eigenvalue weighted by molar-refractivity contribution is 5.42.